The zero-order chi connectivity index (χ0) is 18.6. The van der Waals surface area contributed by atoms with E-state index in [-0.39, 0.29) is 5.54 Å². The van der Waals surface area contributed by atoms with Crippen molar-refractivity contribution in [3.05, 3.63) is 0 Å². The lowest BCUT2D eigenvalue weighted by molar-refractivity contribution is -0.125. The predicted octanol–water partition coefficient (Wildman–Crippen LogP) is 2.00. The minimum atomic E-state index is 0.0833. The Morgan fingerprint density at radius 3 is 2.58 bits per heavy atom. The van der Waals surface area contributed by atoms with Gasteiger partial charge in [0.2, 0.25) is 0 Å². The van der Waals surface area contributed by atoms with Gasteiger partial charge in [0.25, 0.3) is 0 Å². The molecular weight excluding hydrogens is 328 g/mol. The Kier molecular flexibility index (Phi) is 6.46. The van der Waals surface area contributed by atoms with Crippen LogP contribution in [0.25, 0.3) is 0 Å². The van der Waals surface area contributed by atoms with E-state index < -0.39 is 0 Å². The summed E-state index contributed by atoms with van der Waals surface area (Å²) in [7, 11) is 1.87. The highest BCUT2D eigenvalue weighted by molar-refractivity contribution is 5.80. The summed E-state index contributed by atoms with van der Waals surface area (Å²) in [6, 6.07) is 0.485. The molecule has 0 aromatic rings. The molecule has 3 aliphatic rings. The first-order chi connectivity index (χ1) is 12.5. The second-order valence-electron chi connectivity index (χ2n) is 8.65. The summed E-state index contributed by atoms with van der Waals surface area (Å²) in [6.45, 7) is 12.1. The normalized spacial score (nSPS) is 29.6. The van der Waals surface area contributed by atoms with Crippen molar-refractivity contribution in [1.82, 2.24) is 15.5 Å². The number of ether oxygens (including phenoxy) is 2. The molecule has 1 saturated heterocycles. The van der Waals surface area contributed by atoms with Crippen LogP contribution >= 0.6 is 0 Å². The van der Waals surface area contributed by atoms with Gasteiger partial charge in [-0.2, -0.15) is 0 Å². The van der Waals surface area contributed by atoms with Crippen LogP contribution in [0.1, 0.15) is 52.9 Å². The number of rotatable bonds is 6. The zero-order valence-electron chi connectivity index (χ0n) is 17.1. The van der Waals surface area contributed by atoms with E-state index in [1.165, 1.54) is 25.7 Å². The van der Waals surface area contributed by atoms with E-state index in [1.54, 1.807) is 0 Å². The van der Waals surface area contributed by atoms with E-state index in [2.05, 4.69) is 41.3 Å². The van der Waals surface area contributed by atoms with E-state index >= 15 is 0 Å². The lowest BCUT2D eigenvalue weighted by Crippen LogP contribution is -2.66. The van der Waals surface area contributed by atoms with Gasteiger partial charge in [0.05, 0.1) is 19.3 Å². The maximum Gasteiger partial charge on any atom is 0.191 e. The van der Waals surface area contributed by atoms with Crippen molar-refractivity contribution in [3.8, 4) is 0 Å². The number of hydrogen-bond acceptors (Lipinski definition) is 4. The first kappa shape index (κ1) is 19.9. The maximum atomic E-state index is 6.04. The average Bonchev–Trinajstić information content (AvgIpc) is 3.17. The Hall–Kier alpha value is -0.850. The van der Waals surface area contributed by atoms with Gasteiger partial charge in [0.1, 0.15) is 0 Å². The van der Waals surface area contributed by atoms with Gasteiger partial charge in [0, 0.05) is 50.3 Å². The molecule has 0 aromatic heterocycles. The highest BCUT2D eigenvalue weighted by Crippen LogP contribution is 2.54. The Labute approximate surface area is 159 Å². The predicted molar refractivity (Wildman–Crippen MR) is 106 cm³/mol. The Balaban J connectivity index is 1.53. The second kappa shape index (κ2) is 8.44. The lowest BCUT2D eigenvalue weighted by Gasteiger charge is -2.54. The summed E-state index contributed by atoms with van der Waals surface area (Å²) in [5.41, 5.74) is 0.410. The molecule has 2 N–H and O–H groups in total. The van der Waals surface area contributed by atoms with Crippen molar-refractivity contribution >= 4 is 5.96 Å². The van der Waals surface area contributed by atoms with Crippen LogP contribution in [0.5, 0.6) is 0 Å². The molecule has 6 nitrogen and oxygen atoms in total. The van der Waals surface area contributed by atoms with Gasteiger partial charge in [-0.25, -0.2) is 0 Å². The molecule has 1 spiro atoms. The summed E-state index contributed by atoms with van der Waals surface area (Å²) in [6.07, 6.45) is 6.75. The lowest BCUT2D eigenvalue weighted by atomic mass is 9.60. The number of hydrogen-bond donors (Lipinski definition) is 2. The maximum absolute atomic E-state index is 6.04. The van der Waals surface area contributed by atoms with Gasteiger partial charge in [-0.1, -0.05) is 12.8 Å². The average molecular weight is 367 g/mol. The van der Waals surface area contributed by atoms with Gasteiger partial charge >= 0.3 is 0 Å². The van der Waals surface area contributed by atoms with Crippen LogP contribution < -0.4 is 10.6 Å². The van der Waals surface area contributed by atoms with E-state index in [0.717, 1.165) is 51.8 Å². The first-order valence-corrected chi connectivity index (χ1v) is 10.4. The second-order valence-corrected chi connectivity index (χ2v) is 8.65. The van der Waals surface area contributed by atoms with Crippen LogP contribution in [0.15, 0.2) is 4.99 Å². The van der Waals surface area contributed by atoms with Crippen LogP contribution in [-0.2, 0) is 9.47 Å². The molecule has 0 radical (unpaired) electrons. The number of morpholine rings is 1. The summed E-state index contributed by atoms with van der Waals surface area (Å²) in [4.78, 5) is 7.00. The SMILES string of the molecule is CCOC1CC(NC(=NC)NCC(C)(C)N2CCOCC2)C12CCCC2. The van der Waals surface area contributed by atoms with Crippen LogP contribution in [-0.4, -0.2) is 75.0 Å². The smallest absolute Gasteiger partial charge is 0.191 e. The van der Waals surface area contributed by atoms with Crippen LogP contribution in [0.2, 0.25) is 0 Å². The summed E-state index contributed by atoms with van der Waals surface area (Å²) >= 11 is 0. The topological polar surface area (TPSA) is 58.1 Å². The molecule has 26 heavy (non-hydrogen) atoms. The molecular formula is C20H38N4O2. The molecule has 1 aliphatic heterocycles. The molecule has 6 heteroatoms. The molecule has 2 aliphatic carbocycles. The molecule has 0 aromatic carbocycles. The van der Waals surface area contributed by atoms with Gasteiger partial charge in [0.15, 0.2) is 5.96 Å². The molecule has 150 valence electrons. The third kappa shape index (κ3) is 4.02. The van der Waals surface area contributed by atoms with Crippen molar-refractivity contribution in [2.75, 3.05) is 46.5 Å². The largest absolute Gasteiger partial charge is 0.379 e. The van der Waals surface area contributed by atoms with Gasteiger partial charge < -0.3 is 20.1 Å². The summed E-state index contributed by atoms with van der Waals surface area (Å²) in [5, 5.41) is 7.29. The van der Waals surface area contributed by atoms with E-state index in [4.69, 9.17) is 9.47 Å². The minimum absolute atomic E-state index is 0.0833. The summed E-state index contributed by atoms with van der Waals surface area (Å²) in [5.74, 6) is 0.928. The third-order valence-electron chi connectivity index (χ3n) is 6.78. The van der Waals surface area contributed by atoms with E-state index in [0.29, 0.717) is 17.6 Å². The fourth-order valence-electron chi connectivity index (χ4n) is 5.03. The van der Waals surface area contributed by atoms with Gasteiger partial charge in [-0.3, -0.25) is 9.89 Å². The Morgan fingerprint density at radius 1 is 1.27 bits per heavy atom. The highest BCUT2D eigenvalue weighted by atomic mass is 16.5. The van der Waals surface area contributed by atoms with Crippen molar-refractivity contribution in [1.29, 1.82) is 0 Å². The first-order valence-electron chi connectivity index (χ1n) is 10.4. The van der Waals surface area contributed by atoms with Crippen LogP contribution in [0.4, 0.5) is 0 Å². The number of guanidine groups is 1. The van der Waals surface area contributed by atoms with Crippen LogP contribution in [0.3, 0.4) is 0 Å². The molecule has 3 rings (SSSR count). The fourth-order valence-corrected chi connectivity index (χ4v) is 5.03. The molecule has 2 atom stereocenters. The number of nitrogens with zero attached hydrogens (tertiary/aromatic N) is 2. The quantitative estimate of drug-likeness (QED) is 0.556. The Morgan fingerprint density at radius 2 is 1.96 bits per heavy atom. The third-order valence-corrected chi connectivity index (χ3v) is 6.78. The molecule has 0 bridgehead atoms. The Bertz CT molecular complexity index is 482. The van der Waals surface area contributed by atoms with E-state index in [9.17, 15) is 0 Å². The highest BCUT2D eigenvalue weighted by Gasteiger charge is 2.57. The van der Waals surface area contributed by atoms with E-state index in [1.807, 2.05) is 7.05 Å². The molecule has 2 unspecified atom stereocenters. The monoisotopic (exact) mass is 366 g/mol. The minimum Gasteiger partial charge on any atom is -0.379 e. The van der Waals surface area contributed by atoms with Crippen molar-refractivity contribution in [2.24, 2.45) is 10.4 Å². The molecule has 2 saturated carbocycles. The molecule has 3 fully saturated rings. The van der Waals surface area contributed by atoms with Crippen LogP contribution in [0, 0.1) is 5.41 Å². The molecule has 0 amide bonds. The number of aliphatic imine (C=N–C) groups is 1. The summed E-state index contributed by atoms with van der Waals surface area (Å²) < 4.78 is 11.5. The van der Waals surface area contributed by atoms with Gasteiger partial charge in [-0.15, -0.1) is 0 Å². The fraction of sp³-hybridized carbons (Fsp3) is 0.950. The van der Waals surface area contributed by atoms with Crippen molar-refractivity contribution < 1.29 is 9.47 Å². The van der Waals surface area contributed by atoms with Crippen molar-refractivity contribution in [2.45, 2.75) is 70.6 Å². The van der Waals surface area contributed by atoms with Gasteiger partial charge in [-0.05, 0) is 40.0 Å². The van der Waals surface area contributed by atoms with Crippen molar-refractivity contribution in [3.63, 3.8) is 0 Å². The number of nitrogens with one attached hydrogen (secondary N) is 2. The molecule has 1 heterocycles. The standard InChI is InChI=1S/C20H38N4O2/c1-5-26-17-14-16(20(17)8-6-7-9-20)23-18(21-4)22-15-19(2,3)24-10-12-25-13-11-24/h16-17H,5-15H2,1-4H3,(H2,21,22,23). The zero-order valence-corrected chi connectivity index (χ0v) is 17.1.